The van der Waals surface area contributed by atoms with Gasteiger partial charge in [0.1, 0.15) is 17.2 Å². The van der Waals surface area contributed by atoms with E-state index in [-0.39, 0.29) is 29.7 Å². The fraction of sp³-hybridized carbons (Fsp3) is 0.355. The minimum absolute atomic E-state index is 0.00438. The molecule has 0 bridgehead atoms. The van der Waals surface area contributed by atoms with Crippen molar-refractivity contribution in [2.75, 3.05) is 26.2 Å². The molecule has 2 heterocycles. The fourth-order valence-corrected chi connectivity index (χ4v) is 5.35. The molecule has 0 radical (unpaired) electrons. The average Bonchev–Trinajstić information content (AvgIpc) is 2.93. The van der Waals surface area contributed by atoms with Crippen LogP contribution in [-0.2, 0) is 11.0 Å². The van der Waals surface area contributed by atoms with E-state index in [4.69, 9.17) is 9.47 Å². The maximum Gasteiger partial charge on any atom is 0.416 e. The molecule has 0 aliphatic carbocycles. The number of nitrogens with zero attached hydrogens (tertiary/aromatic N) is 2. The van der Waals surface area contributed by atoms with Crippen LogP contribution in [0, 0.1) is 13.8 Å². The lowest BCUT2D eigenvalue weighted by Crippen LogP contribution is -2.66. The second kappa shape index (κ2) is 10.9. The fourth-order valence-electron chi connectivity index (χ4n) is 5.35. The number of carbonyl (C=O) groups excluding carboxylic acids is 2. The van der Waals surface area contributed by atoms with E-state index < -0.39 is 11.7 Å². The molecule has 9 heteroatoms. The summed E-state index contributed by atoms with van der Waals surface area (Å²) in [6, 6.07) is 16.9. The van der Waals surface area contributed by atoms with Crippen LogP contribution in [0.25, 0.3) is 0 Å². The minimum atomic E-state index is -4.41. The molecule has 2 saturated heterocycles. The van der Waals surface area contributed by atoms with Gasteiger partial charge in [-0.25, -0.2) is 0 Å². The quantitative estimate of drug-likeness (QED) is 0.355. The molecule has 2 aliphatic rings. The number of hydrogen-bond acceptors (Lipinski definition) is 4. The predicted molar refractivity (Wildman–Crippen MR) is 144 cm³/mol. The summed E-state index contributed by atoms with van der Waals surface area (Å²) in [5.74, 6) is 1.27. The lowest BCUT2D eigenvalue weighted by Gasteiger charge is -2.56. The number of aryl methyl sites for hydroxylation is 2. The SMILES string of the molecule is Cc1ccc(C)c(OCC(=O)N2CCC23CCN(C(=O)c2ccc(Oc4ccc(C(F)(F)F)cc4)cc2)CC3)c1. The second-order valence-corrected chi connectivity index (χ2v) is 10.5. The molecule has 3 aromatic rings. The number of rotatable bonds is 6. The average molecular weight is 553 g/mol. The van der Waals surface area contributed by atoms with Crippen LogP contribution >= 0.6 is 0 Å². The highest BCUT2D eigenvalue weighted by Crippen LogP contribution is 2.40. The van der Waals surface area contributed by atoms with Gasteiger partial charge in [0.05, 0.1) is 5.56 Å². The van der Waals surface area contributed by atoms with Crippen molar-refractivity contribution in [1.29, 1.82) is 0 Å². The monoisotopic (exact) mass is 552 g/mol. The summed E-state index contributed by atoms with van der Waals surface area (Å²) in [4.78, 5) is 29.8. The summed E-state index contributed by atoms with van der Waals surface area (Å²) in [5, 5.41) is 0. The van der Waals surface area contributed by atoms with Gasteiger partial charge in [-0.2, -0.15) is 13.2 Å². The van der Waals surface area contributed by atoms with Crippen molar-refractivity contribution in [1.82, 2.24) is 9.80 Å². The molecular formula is C31H31F3N2O4. The van der Waals surface area contributed by atoms with Crippen molar-refractivity contribution in [3.05, 3.63) is 89.0 Å². The maximum absolute atomic E-state index is 13.1. The van der Waals surface area contributed by atoms with Crippen molar-refractivity contribution < 1.29 is 32.2 Å². The lowest BCUT2D eigenvalue weighted by atomic mass is 9.76. The van der Waals surface area contributed by atoms with Crippen LogP contribution in [0.2, 0.25) is 0 Å². The zero-order chi connectivity index (χ0) is 28.5. The molecule has 0 unspecified atom stereocenters. The zero-order valence-electron chi connectivity index (χ0n) is 22.5. The van der Waals surface area contributed by atoms with Crippen LogP contribution in [0.15, 0.2) is 66.7 Å². The van der Waals surface area contributed by atoms with Crippen LogP contribution in [0.3, 0.4) is 0 Å². The Labute approximate surface area is 231 Å². The molecule has 210 valence electrons. The Morgan fingerprint density at radius 3 is 2.02 bits per heavy atom. The second-order valence-electron chi connectivity index (χ2n) is 10.5. The summed E-state index contributed by atoms with van der Waals surface area (Å²) >= 11 is 0. The van der Waals surface area contributed by atoms with Gasteiger partial charge in [-0.3, -0.25) is 9.59 Å². The van der Waals surface area contributed by atoms with E-state index in [0.717, 1.165) is 35.4 Å². The number of likely N-dealkylation sites (tertiary alicyclic amines) is 2. The molecule has 3 aromatic carbocycles. The number of piperidine rings is 1. The van der Waals surface area contributed by atoms with E-state index in [2.05, 4.69) is 0 Å². The summed E-state index contributed by atoms with van der Waals surface area (Å²) in [6.45, 7) is 5.73. The molecule has 2 aliphatic heterocycles. The first-order valence-corrected chi connectivity index (χ1v) is 13.3. The van der Waals surface area contributed by atoms with E-state index in [9.17, 15) is 22.8 Å². The van der Waals surface area contributed by atoms with Gasteiger partial charge in [0.2, 0.25) is 0 Å². The van der Waals surface area contributed by atoms with Gasteiger partial charge in [-0.1, -0.05) is 12.1 Å². The minimum Gasteiger partial charge on any atom is -0.483 e. The Morgan fingerprint density at radius 2 is 1.45 bits per heavy atom. The molecule has 0 atom stereocenters. The summed E-state index contributed by atoms with van der Waals surface area (Å²) in [5.41, 5.74) is 1.59. The van der Waals surface area contributed by atoms with Gasteiger partial charge in [0, 0.05) is 30.7 Å². The van der Waals surface area contributed by atoms with Gasteiger partial charge >= 0.3 is 6.18 Å². The summed E-state index contributed by atoms with van der Waals surface area (Å²) in [7, 11) is 0. The van der Waals surface area contributed by atoms with Gasteiger partial charge in [0.15, 0.2) is 6.61 Å². The third-order valence-corrected chi connectivity index (χ3v) is 7.87. The first-order valence-electron chi connectivity index (χ1n) is 13.3. The van der Waals surface area contributed by atoms with Crippen LogP contribution in [0.5, 0.6) is 17.2 Å². The Hall–Kier alpha value is -4.01. The first kappa shape index (κ1) is 27.6. The van der Waals surface area contributed by atoms with Crippen molar-refractivity contribution in [2.45, 2.75) is 44.8 Å². The standard InChI is InChI=1S/C31H31F3N2O4/c1-21-3-4-22(2)27(19-21)39-20-28(37)36-18-15-30(36)13-16-35(17-14-30)29(38)23-5-9-25(10-6-23)40-26-11-7-24(8-12-26)31(32,33)34/h3-12,19H,13-18,20H2,1-2H3. The third-order valence-electron chi connectivity index (χ3n) is 7.87. The number of ether oxygens (including phenoxy) is 2. The van der Waals surface area contributed by atoms with Gasteiger partial charge in [-0.15, -0.1) is 0 Å². The van der Waals surface area contributed by atoms with Crippen molar-refractivity contribution in [3.63, 3.8) is 0 Å². The van der Waals surface area contributed by atoms with Crippen LogP contribution in [0.1, 0.15) is 46.3 Å². The van der Waals surface area contributed by atoms with Crippen molar-refractivity contribution >= 4 is 11.8 Å². The number of halogens is 3. The maximum atomic E-state index is 13.1. The van der Waals surface area contributed by atoms with E-state index in [1.54, 1.807) is 29.2 Å². The number of amides is 2. The summed E-state index contributed by atoms with van der Waals surface area (Å²) < 4.78 is 49.7. The van der Waals surface area contributed by atoms with Crippen molar-refractivity contribution in [3.8, 4) is 17.2 Å². The highest BCUT2D eigenvalue weighted by Gasteiger charge is 2.49. The van der Waals surface area contributed by atoms with Gasteiger partial charge in [0.25, 0.3) is 11.8 Å². The molecule has 0 N–H and O–H groups in total. The highest BCUT2D eigenvalue weighted by molar-refractivity contribution is 5.94. The van der Waals surface area contributed by atoms with Gasteiger partial charge < -0.3 is 19.3 Å². The Balaban J connectivity index is 1.13. The number of alkyl halides is 3. The van der Waals surface area contributed by atoms with E-state index in [1.165, 1.54) is 12.1 Å². The largest absolute Gasteiger partial charge is 0.483 e. The molecule has 2 fully saturated rings. The smallest absolute Gasteiger partial charge is 0.416 e. The van der Waals surface area contributed by atoms with Crippen LogP contribution < -0.4 is 9.47 Å². The third kappa shape index (κ3) is 5.78. The predicted octanol–water partition coefficient (Wildman–Crippen LogP) is 6.40. The molecule has 2 amide bonds. The Morgan fingerprint density at radius 1 is 0.850 bits per heavy atom. The van der Waals surface area contributed by atoms with Gasteiger partial charge in [-0.05, 0) is 98.8 Å². The Bertz CT molecular complexity index is 1380. The molecule has 1 spiro atoms. The lowest BCUT2D eigenvalue weighted by molar-refractivity contribution is -0.153. The highest BCUT2D eigenvalue weighted by atomic mass is 19.4. The normalized spacial score (nSPS) is 16.4. The number of hydrogen-bond donors (Lipinski definition) is 0. The molecule has 5 rings (SSSR count). The molecule has 40 heavy (non-hydrogen) atoms. The molecule has 0 saturated carbocycles. The van der Waals surface area contributed by atoms with Crippen LogP contribution in [-0.4, -0.2) is 53.4 Å². The number of carbonyl (C=O) groups is 2. The van der Waals surface area contributed by atoms with Crippen LogP contribution in [0.4, 0.5) is 13.2 Å². The molecular weight excluding hydrogens is 521 g/mol. The summed E-state index contributed by atoms with van der Waals surface area (Å²) in [6.07, 6.45) is -2.07. The van der Waals surface area contributed by atoms with E-state index in [1.807, 2.05) is 36.9 Å². The van der Waals surface area contributed by atoms with Crippen molar-refractivity contribution in [2.24, 2.45) is 0 Å². The zero-order valence-corrected chi connectivity index (χ0v) is 22.5. The first-order chi connectivity index (χ1) is 19.0. The Kier molecular flexibility index (Phi) is 7.49. The topological polar surface area (TPSA) is 59.1 Å². The van der Waals surface area contributed by atoms with E-state index >= 15 is 0 Å². The molecule has 0 aromatic heterocycles. The molecule has 6 nitrogen and oxygen atoms in total. The number of benzene rings is 3. The van der Waals surface area contributed by atoms with E-state index in [0.29, 0.717) is 43.8 Å².